The van der Waals surface area contributed by atoms with Crippen LogP contribution in [0.3, 0.4) is 0 Å². The van der Waals surface area contributed by atoms with Gasteiger partial charge in [-0.1, -0.05) is 18.2 Å². The van der Waals surface area contributed by atoms with Gasteiger partial charge in [-0.25, -0.2) is 5.14 Å². The normalized spacial score (nSPS) is 16.2. The van der Waals surface area contributed by atoms with E-state index in [1.165, 1.54) is 4.31 Å². The van der Waals surface area contributed by atoms with Gasteiger partial charge >= 0.3 is 0 Å². The number of benzene rings is 1. The number of hydrogen-bond acceptors (Lipinski definition) is 3. The Kier molecular flexibility index (Phi) is 3.37. The summed E-state index contributed by atoms with van der Waals surface area (Å²) >= 11 is 0. The summed E-state index contributed by atoms with van der Waals surface area (Å²) < 4.78 is 29.5. The van der Waals surface area contributed by atoms with Gasteiger partial charge in [0.2, 0.25) is 0 Å². The van der Waals surface area contributed by atoms with Crippen LogP contribution in [0.2, 0.25) is 0 Å². The second kappa shape index (κ2) is 4.64. The summed E-state index contributed by atoms with van der Waals surface area (Å²) in [6, 6.07) is 7.41. The topological polar surface area (TPSA) is 72.6 Å². The maximum atomic E-state index is 11.5. The molecular weight excluding hydrogens is 240 g/mol. The highest BCUT2D eigenvalue weighted by Gasteiger charge is 2.35. The highest BCUT2D eigenvalue weighted by molar-refractivity contribution is 7.86. The van der Waals surface area contributed by atoms with Gasteiger partial charge in [-0.3, -0.25) is 0 Å². The number of methoxy groups -OCH3 is 1. The standard InChI is InChI=1S/C11H16N2O3S/c1-16-11-5-3-2-4-9(11)8-13(10-6-7-10)17(12,14)15/h2-5,10H,6-8H2,1H3,(H2,12,14,15). The van der Waals surface area contributed by atoms with E-state index in [2.05, 4.69) is 0 Å². The molecule has 0 atom stereocenters. The maximum Gasteiger partial charge on any atom is 0.277 e. The molecule has 0 saturated heterocycles. The first-order valence-electron chi connectivity index (χ1n) is 5.44. The summed E-state index contributed by atoms with van der Waals surface area (Å²) in [5, 5.41) is 5.22. The quantitative estimate of drug-likeness (QED) is 0.849. The molecule has 1 fully saturated rings. The Bertz CT molecular complexity index is 497. The third-order valence-electron chi connectivity index (χ3n) is 2.80. The van der Waals surface area contributed by atoms with Gasteiger partial charge in [-0.15, -0.1) is 0 Å². The number of ether oxygens (including phenoxy) is 1. The molecule has 1 saturated carbocycles. The highest BCUT2D eigenvalue weighted by atomic mass is 32.2. The predicted molar refractivity (Wildman–Crippen MR) is 64.7 cm³/mol. The molecule has 1 aromatic rings. The summed E-state index contributed by atoms with van der Waals surface area (Å²) in [6.07, 6.45) is 1.76. The largest absolute Gasteiger partial charge is 0.496 e. The van der Waals surface area contributed by atoms with Gasteiger partial charge in [0.15, 0.2) is 0 Å². The molecule has 0 radical (unpaired) electrons. The third kappa shape index (κ3) is 2.96. The fourth-order valence-electron chi connectivity index (χ4n) is 1.79. The lowest BCUT2D eigenvalue weighted by molar-refractivity contribution is 0.375. The first-order valence-corrected chi connectivity index (χ1v) is 6.94. The van der Waals surface area contributed by atoms with Gasteiger partial charge in [-0.05, 0) is 18.9 Å². The lowest BCUT2D eigenvalue weighted by Gasteiger charge is -2.20. The Morgan fingerprint density at radius 1 is 1.41 bits per heavy atom. The number of hydrogen-bond donors (Lipinski definition) is 1. The molecule has 0 heterocycles. The first kappa shape index (κ1) is 12.3. The zero-order chi connectivity index (χ0) is 12.5. The van der Waals surface area contributed by atoms with Crippen molar-refractivity contribution in [1.82, 2.24) is 4.31 Å². The molecule has 5 nitrogen and oxygen atoms in total. The average Bonchev–Trinajstić information content (AvgIpc) is 3.08. The van der Waals surface area contributed by atoms with Crippen LogP contribution in [-0.2, 0) is 16.8 Å². The Labute approximate surface area is 101 Å². The molecule has 1 aliphatic carbocycles. The Morgan fingerprint density at radius 2 is 2.06 bits per heavy atom. The van der Waals surface area contributed by atoms with Crippen molar-refractivity contribution in [3.05, 3.63) is 29.8 Å². The summed E-state index contributed by atoms with van der Waals surface area (Å²) in [5.41, 5.74) is 0.830. The maximum absolute atomic E-state index is 11.5. The average molecular weight is 256 g/mol. The highest BCUT2D eigenvalue weighted by Crippen LogP contribution is 2.31. The molecule has 1 aromatic carbocycles. The van der Waals surface area contributed by atoms with Crippen molar-refractivity contribution in [2.45, 2.75) is 25.4 Å². The number of para-hydroxylation sites is 1. The van der Waals surface area contributed by atoms with Crippen LogP contribution in [0.5, 0.6) is 5.75 Å². The number of nitrogens with two attached hydrogens (primary N) is 1. The Morgan fingerprint density at radius 3 is 2.59 bits per heavy atom. The van der Waals surface area contributed by atoms with Crippen LogP contribution >= 0.6 is 0 Å². The molecule has 0 aliphatic heterocycles. The number of nitrogens with zero attached hydrogens (tertiary/aromatic N) is 1. The monoisotopic (exact) mass is 256 g/mol. The SMILES string of the molecule is COc1ccccc1CN(C1CC1)S(N)(=O)=O. The lowest BCUT2D eigenvalue weighted by atomic mass is 10.2. The second-order valence-corrected chi connectivity index (χ2v) is 5.63. The Hall–Kier alpha value is -1.11. The van der Waals surface area contributed by atoms with Crippen molar-refractivity contribution in [3.8, 4) is 5.75 Å². The van der Waals surface area contributed by atoms with Crippen LogP contribution in [0.25, 0.3) is 0 Å². The summed E-state index contributed by atoms with van der Waals surface area (Å²) in [6.45, 7) is 0.271. The van der Waals surface area contributed by atoms with E-state index >= 15 is 0 Å². The predicted octanol–water partition coefficient (Wildman–Crippen LogP) is 0.863. The fraction of sp³-hybridized carbons (Fsp3) is 0.455. The summed E-state index contributed by atoms with van der Waals surface area (Å²) in [7, 11) is -2.08. The van der Waals surface area contributed by atoms with E-state index in [0.717, 1.165) is 18.4 Å². The summed E-state index contributed by atoms with van der Waals surface area (Å²) in [5.74, 6) is 0.682. The molecular formula is C11H16N2O3S. The van der Waals surface area contributed by atoms with Crippen molar-refractivity contribution < 1.29 is 13.2 Å². The van der Waals surface area contributed by atoms with Crippen molar-refractivity contribution in [2.75, 3.05) is 7.11 Å². The smallest absolute Gasteiger partial charge is 0.277 e. The minimum Gasteiger partial charge on any atom is -0.496 e. The van der Waals surface area contributed by atoms with Gasteiger partial charge in [0.05, 0.1) is 7.11 Å². The van der Waals surface area contributed by atoms with E-state index in [0.29, 0.717) is 5.75 Å². The molecule has 1 aliphatic rings. The minimum atomic E-state index is -3.65. The third-order valence-corrected chi connectivity index (χ3v) is 3.88. The van der Waals surface area contributed by atoms with E-state index in [1.54, 1.807) is 7.11 Å². The van der Waals surface area contributed by atoms with E-state index in [1.807, 2.05) is 24.3 Å². The molecule has 94 valence electrons. The zero-order valence-corrected chi connectivity index (χ0v) is 10.5. The van der Waals surface area contributed by atoms with Crippen LogP contribution in [0, 0.1) is 0 Å². The molecule has 0 unspecified atom stereocenters. The van der Waals surface area contributed by atoms with Gasteiger partial charge in [0.1, 0.15) is 5.75 Å². The molecule has 0 amide bonds. The molecule has 2 N–H and O–H groups in total. The first-order chi connectivity index (χ1) is 8.02. The minimum absolute atomic E-state index is 0.0508. The number of rotatable bonds is 5. The fourth-order valence-corrected chi connectivity index (χ4v) is 2.74. The molecule has 17 heavy (non-hydrogen) atoms. The molecule has 0 spiro atoms. The molecule has 2 rings (SSSR count). The van der Waals surface area contributed by atoms with E-state index < -0.39 is 10.2 Å². The van der Waals surface area contributed by atoms with Crippen LogP contribution < -0.4 is 9.88 Å². The van der Waals surface area contributed by atoms with E-state index in [-0.39, 0.29) is 12.6 Å². The van der Waals surface area contributed by atoms with Gasteiger partial charge in [0, 0.05) is 18.2 Å². The van der Waals surface area contributed by atoms with Gasteiger partial charge in [-0.2, -0.15) is 12.7 Å². The van der Waals surface area contributed by atoms with Gasteiger partial charge < -0.3 is 4.74 Å². The second-order valence-electron chi connectivity index (χ2n) is 4.13. The van der Waals surface area contributed by atoms with Crippen molar-refractivity contribution >= 4 is 10.2 Å². The van der Waals surface area contributed by atoms with Crippen molar-refractivity contribution in [2.24, 2.45) is 5.14 Å². The lowest BCUT2D eigenvalue weighted by Crippen LogP contribution is -2.37. The Balaban J connectivity index is 2.23. The van der Waals surface area contributed by atoms with E-state index in [4.69, 9.17) is 9.88 Å². The molecule has 6 heteroatoms. The van der Waals surface area contributed by atoms with Crippen LogP contribution in [0.15, 0.2) is 24.3 Å². The van der Waals surface area contributed by atoms with Crippen LogP contribution in [0.4, 0.5) is 0 Å². The summed E-state index contributed by atoms with van der Waals surface area (Å²) in [4.78, 5) is 0. The zero-order valence-electron chi connectivity index (χ0n) is 9.67. The van der Waals surface area contributed by atoms with Crippen molar-refractivity contribution in [3.63, 3.8) is 0 Å². The van der Waals surface area contributed by atoms with Crippen molar-refractivity contribution in [1.29, 1.82) is 0 Å². The molecule has 0 bridgehead atoms. The van der Waals surface area contributed by atoms with Crippen LogP contribution in [0.1, 0.15) is 18.4 Å². The van der Waals surface area contributed by atoms with Gasteiger partial charge in [0.25, 0.3) is 10.2 Å². The van der Waals surface area contributed by atoms with E-state index in [9.17, 15) is 8.42 Å². The molecule has 0 aromatic heterocycles. The van der Waals surface area contributed by atoms with Crippen LogP contribution in [-0.4, -0.2) is 25.9 Å².